The molecule has 0 aromatic heterocycles. The minimum atomic E-state index is -0.262. The van der Waals surface area contributed by atoms with Crippen molar-refractivity contribution in [2.75, 3.05) is 13.1 Å². The highest BCUT2D eigenvalue weighted by molar-refractivity contribution is 7.80. The van der Waals surface area contributed by atoms with Crippen molar-refractivity contribution in [3.05, 3.63) is 29.8 Å². The molecule has 19 heavy (non-hydrogen) atoms. The Hall–Kier alpha value is -1.00. The van der Waals surface area contributed by atoms with Crippen LogP contribution in [0, 0.1) is 0 Å². The fourth-order valence-electron chi connectivity index (χ4n) is 2.54. The Balaban J connectivity index is 2.01. The van der Waals surface area contributed by atoms with Crippen molar-refractivity contribution in [1.29, 1.82) is 0 Å². The van der Waals surface area contributed by atoms with Crippen molar-refractivity contribution in [3.63, 3.8) is 0 Å². The normalized spacial score (nSPS) is 22.3. The van der Waals surface area contributed by atoms with Gasteiger partial charge in [-0.05, 0) is 38.5 Å². The highest BCUT2D eigenvalue weighted by Gasteiger charge is 2.33. The first-order valence-electron chi connectivity index (χ1n) is 6.59. The van der Waals surface area contributed by atoms with E-state index in [1.54, 1.807) is 0 Å². The number of ether oxygens (including phenoxy) is 1. The molecule has 0 bridgehead atoms. The van der Waals surface area contributed by atoms with E-state index >= 15 is 0 Å². The lowest BCUT2D eigenvalue weighted by molar-refractivity contribution is -0.157. The van der Waals surface area contributed by atoms with Gasteiger partial charge in [-0.1, -0.05) is 12.1 Å². The minimum Gasteiger partial charge on any atom is -0.369 e. The SMILES string of the molecule is CC1CN(C(=O)Cc2ccc(S)cc2)CC(C)(C)O1. The van der Waals surface area contributed by atoms with Gasteiger partial charge >= 0.3 is 0 Å². The van der Waals surface area contributed by atoms with Gasteiger partial charge in [-0.3, -0.25) is 4.79 Å². The number of carbonyl (C=O) groups is 1. The summed E-state index contributed by atoms with van der Waals surface area (Å²) >= 11 is 4.25. The molecule has 0 saturated carbocycles. The van der Waals surface area contributed by atoms with Gasteiger partial charge in [0.15, 0.2) is 0 Å². The average Bonchev–Trinajstić information content (AvgIpc) is 2.29. The zero-order valence-corrected chi connectivity index (χ0v) is 12.6. The fraction of sp³-hybridized carbons (Fsp3) is 0.533. The lowest BCUT2D eigenvalue weighted by atomic mass is 10.0. The van der Waals surface area contributed by atoms with E-state index in [1.807, 2.05) is 49.9 Å². The fourth-order valence-corrected chi connectivity index (χ4v) is 2.69. The molecule has 0 N–H and O–H groups in total. The van der Waals surface area contributed by atoms with Crippen LogP contribution < -0.4 is 0 Å². The summed E-state index contributed by atoms with van der Waals surface area (Å²) in [6.45, 7) is 7.39. The van der Waals surface area contributed by atoms with Gasteiger partial charge in [0.05, 0.1) is 18.1 Å². The second-order valence-corrected chi connectivity index (χ2v) is 6.32. The van der Waals surface area contributed by atoms with Crippen molar-refractivity contribution in [3.8, 4) is 0 Å². The van der Waals surface area contributed by atoms with Crippen LogP contribution in [0.1, 0.15) is 26.3 Å². The molecule has 4 heteroatoms. The molecule has 104 valence electrons. The molecular formula is C15H21NO2S. The lowest BCUT2D eigenvalue weighted by Crippen LogP contribution is -2.54. The Bertz CT molecular complexity index is 456. The molecule has 1 aromatic rings. The maximum Gasteiger partial charge on any atom is 0.227 e. The maximum absolute atomic E-state index is 12.3. The Morgan fingerprint density at radius 2 is 2.05 bits per heavy atom. The van der Waals surface area contributed by atoms with Crippen LogP contribution in [0.2, 0.25) is 0 Å². The molecule has 2 rings (SSSR count). The first-order valence-corrected chi connectivity index (χ1v) is 7.04. The summed E-state index contributed by atoms with van der Waals surface area (Å²) in [5.41, 5.74) is 0.766. The molecule has 1 saturated heterocycles. The predicted molar refractivity (Wildman–Crippen MR) is 78.6 cm³/mol. The number of nitrogens with zero attached hydrogens (tertiary/aromatic N) is 1. The van der Waals surface area contributed by atoms with Crippen LogP contribution in [0.4, 0.5) is 0 Å². The molecule has 0 aliphatic carbocycles. The van der Waals surface area contributed by atoms with Crippen molar-refractivity contribution in [2.45, 2.75) is 43.8 Å². The number of carbonyl (C=O) groups excluding carboxylic acids is 1. The average molecular weight is 279 g/mol. The number of rotatable bonds is 2. The van der Waals surface area contributed by atoms with Gasteiger partial charge in [-0.15, -0.1) is 12.6 Å². The predicted octanol–water partition coefficient (Wildman–Crippen LogP) is 2.54. The third kappa shape index (κ3) is 3.98. The van der Waals surface area contributed by atoms with Crippen LogP contribution in [-0.2, 0) is 16.0 Å². The monoisotopic (exact) mass is 279 g/mol. The quantitative estimate of drug-likeness (QED) is 0.843. The number of amides is 1. The van der Waals surface area contributed by atoms with E-state index < -0.39 is 0 Å². The van der Waals surface area contributed by atoms with E-state index in [9.17, 15) is 4.79 Å². The van der Waals surface area contributed by atoms with Crippen molar-refractivity contribution in [2.24, 2.45) is 0 Å². The van der Waals surface area contributed by atoms with Gasteiger partial charge < -0.3 is 9.64 Å². The third-order valence-electron chi connectivity index (χ3n) is 3.21. The van der Waals surface area contributed by atoms with Crippen LogP contribution in [-0.4, -0.2) is 35.6 Å². The number of morpholine rings is 1. The summed E-state index contributed by atoms with van der Waals surface area (Å²) in [7, 11) is 0. The smallest absolute Gasteiger partial charge is 0.227 e. The zero-order chi connectivity index (χ0) is 14.0. The van der Waals surface area contributed by atoms with E-state index in [4.69, 9.17) is 4.74 Å². The number of benzene rings is 1. The number of hydrogen-bond donors (Lipinski definition) is 1. The Morgan fingerprint density at radius 1 is 1.42 bits per heavy atom. The van der Waals surface area contributed by atoms with E-state index in [-0.39, 0.29) is 17.6 Å². The zero-order valence-electron chi connectivity index (χ0n) is 11.7. The largest absolute Gasteiger partial charge is 0.369 e. The second kappa shape index (κ2) is 5.55. The molecular weight excluding hydrogens is 258 g/mol. The van der Waals surface area contributed by atoms with Crippen LogP contribution in [0.5, 0.6) is 0 Å². The topological polar surface area (TPSA) is 29.5 Å². The number of hydrogen-bond acceptors (Lipinski definition) is 3. The van der Waals surface area contributed by atoms with Crippen LogP contribution >= 0.6 is 12.6 Å². The van der Waals surface area contributed by atoms with E-state index in [2.05, 4.69) is 12.6 Å². The molecule has 1 amide bonds. The van der Waals surface area contributed by atoms with Crippen molar-refractivity contribution < 1.29 is 9.53 Å². The van der Waals surface area contributed by atoms with Crippen molar-refractivity contribution >= 4 is 18.5 Å². The van der Waals surface area contributed by atoms with Gasteiger partial charge in [0.1, 0.15) is 0 Å². The first-order chi connectivity index (χ1) is 8.85. The standard InChI is InChI=1S/C15H21NO2S/c1-11-9-16(10-15(2,3)18-11)14(17)8-12-4-6-13(19)7-5-12/h4-7,11,19H,8-10H2,1-3H3. The molecule has 0 radical (unpaired) electrons. The van der Waals surface area contributed by atoms with Gasteiger partial charge in [0.25, 0.3) is 0 Å². The molecule has 1 aliphatic rings. The summed E-state index contributed by atoms with van der Waals surface area (Å²) in [5.74, 6) is 0.162. The molecule has 1 unspecified atom stereocenters. The Labute approximate surface area is 120 Å². The molecule has 3 nitrogen and oxygen atoms in total. The molecule has 1 atom stereocenters. The van der Waals surface area contributed by atoms with Crippen LogP contribution in [0.25, 0.3) is 0 Å². The third-order valence-corrected chi connectivity index (χ3v) is 3.51. The summed E-state index contributed by atoms with van der Waals surface area (Å²) in [6, 6.07) is 7.74. The molecule has 1 aliphatic heterocycles. The summed E-state index contributed by atoms with van der Waals surface area (Å²) < 4.78 is 5.82. The molecule has 0 spiro atoms. The van der Waals surface area contributed by atoms with Crippen molar-refractivity contribution in [1.82, 2.24) is 4.90 Å². The van der Waals surface area contributed by atoms with E-state index in [1.165, 1.54) is 0 Å². The highest BCUT2D eigenvalue weighted by atomic mass is 32.1. The molecule has 1 fully saturated rings. The van der Waals surface area contributed by atoms with Gasteiger partial charge in [-0.2, -0.15) is 0 Å². The summed E-state index contributed by atoms with van der Waals surface area (Å²) in [5, 5.41) is 0. The van der Waals surface area contributed by atoms with E-state index in [0.717, 1.165) is 10.5 Å². The van der Waals surface area contributed by atoms with Crippen LogP contribution in [0.3, 0.4) is 0 Å². The van der Waals surface area contributed by atoms with Gasteiger partial charge in [-0.25, -0.2) is 0 Å². The maximum atomic E-state index is 12.3. The second-order valence-electron chi connectivity index (χ2n) is 5.81. The Kier molecular flexibility index (Phi) is 4.21. The van der Waals surface area contributed by atoms with E-state index in [0.29, 0.717) is 19.5 Å². The van der Waals surface area contributed by atoms with Gasteiger partial charge in [0.2, 0.25) is 5.91 Å². The summed E-state index contributed by atoms with van der Waals surface area (Å²) in [6.07, 6.45) is 0.532. The summed E-state index contributed by atoms with van der Waals surface area (Å²) in [4.78, 5) is 15.2. The molecule has 1 aromatic carbocycles. The highest BCUT2D eigenvalue weighted by Crippen LogP contribution is 2.21. The molecule has 1 heterocycles. The Morgan fingerprint density at radius 3 is 2.63 bits per heavy atom. The van der Waals surface area contributed by atoms with Crippen LogP contribution in [0.15, 0.2) is 29.2 Å². The minimum absolute atomic E-state index is 0.0903. The van der Waals surface area contributed by atoms with Gasteiger partial charge in [0, 0.05) is 18.0 Å². The number of thiol groups is 1. The lowest BCUT2D eigenvalue weighted by Gasteiger charge is -2.41. The first kappa shape index (κ1) is 14.4.